The van der Waals surface area contributed by atoms with E-state index in [0.29, 0.717) is 25.7 Å². The Kier molecular flexibility index (Phi) is 10.2. The zero-order valence-corrected chi connectivity index (χ0v) is 19.0. The van der Waals surface area contributed by atoms with E-state index in [4.69, 9.17) is 15.2 Å². The van der Waals surface area contributed by atoms with Gasteiger partial charge in [0.05, 0.1) is 22.7 Å². The number of nitrogens with two attached hydrogens (primary N) is 1. The summed E-state index contributed by atoms with van der Waals surface area (Å²) in [5.74, 6) is 1.85. The number of hydrogen-bond donors (Lipinski definition) is 2. The van der Waals surface area contributed by atoms with E-state index in [2.05, 4.69) is 32.3 Å². The summed E-state index contributed by atoms with van der Waals surface area (Å²) in [7, 11) is 0. The van der Waals surface area contributed by atoms with Crippen molar-refractivity contribution < 1.29 is 9.47 Å². The fraction of sp³-hybridized carbons (Fsp3) is 0.353. The van der Waals surface area contributed by atoms with Gasteiger partial charge in [-0.2, -0.15) is 0 Å². The van der Waals surface area contributed by atoms with Crippen LogP contribution in [0.25, 0.3) is 0 Å². The molecule has 25 heavy (non-hydrogen) atoms. The van der Waals surface area contributed by atoms with Gasteiger partial charge >= 0.3 is 0 Å². The molecule has 0 atom stereocenters. The lowest BCUT2D eigenvalue weighted by molar-refractivity contribution is 0.332. The molecule has 2 rings (SSSR count). The molecule has 0 radical (unpaired) electrons. The van der Waals surface area contributed by atoms with Gasteiger partial charge in [0.15, 0.2) is 5.96 Å². The minimum atomic E-state index is 0. The minimum absolute atomic E-state index is 0. The van der Waals surface area contributed by atoms with Crippen LogP contribution in [0.3, 0.4) is 0 Å². The number of rotatable bonds is 8. The molecule has 0 bridgehead atoms. The van der Waals surface area contributed by atoms with Crippen molar-refractivity contribution in [1.82, 2.24) is 0 Å². The van der Waals surface area contributed by atoms with E-state index in [1.54, 1.807) is 11.3 Å². The number of hydrogen-bond acceptors (Lipinski definition) is 4. The van der Waals surface area contributed by atoms with E-state index in [9.17, 15) is 0 Å². The Bertz CT molecular complexity index is 694. The van der Waals surface area contributed by atoms with Crippen LogP contribution in [0.5, 0.6) is 11.5 Å². The highest BCUT2D eigenvalue weighted by molar-refractivity contribution is 14.0. The summed E-state index contributed by atoms with van der Waals surface area (Å²) in [5, 5.41) is 3.10. The quantitative estimate of drug-likeness (QED) is 0.284. The van der Waals surface area contributed by atoms with Crippen molar-refractivity contribution in [2.24, 2.45) is 10.7 Å². The molecule has 0 fully saturated rings. The third kappa shape index (κ3) is 7.41. The molecule has 2 aromatic rings. The van der Waals surface area contributed by atoms with E-state index >= 15 is 0 Å². The van der Waals surface area contributed by atoms with Crippen LogP contribution >= 0.6 is 51.2 Å². The highest BCUT2D eigenvalue weighted by Gasteiger charge is 2.07. The molecule has 1 heterocycles. The smallest absolute Gasteiger partial charge is 0.193 e. The maximum Gasteiger partial charge on any atom is 0.193 e. The minimum Gasteiger partial charge on any atom is -0.494 e. The van der Waals surface area contributed by atoms with Crippen LogP contribution in [-0.4, -0.2) is 25.7 Å². The highest BCUT2D eigenvalue weighted by Crippen LogP contribution is 2.29. The van der Waals surface area contributed by atoms with E-state index in [1.807, 2.05) is 38.1 Å². The van der Waals surface area contributed by atoms with Gasteiger partial charge in [0.1, 0.15) is 11.5 Å². The Balaban J connectivity index is 0.00000312. The Hall–Kier alpha value is -1.00. The summed E-state index contributed by atoms with van der Waals surface area (Å²) < 4.78 is 12.3. The van der Waals surface area contributed by atoms with Crippen LogP contribution in [-0.2, 0) is 6.42 Å². The van der Waals surface area contributed by atoms with Crippen molar-refractivity contribution in [3.8, 4) is 11.5 Å². The number of anilines is 1. The van der Waals surface area contributed by atoms with E-state index in [-0.39, 0.29) is 24.0 Å². The second-order valence-corrected chi connectivity index (χ2v) is 7.42. The Morgan fingerprint density at radius 1 is 1.20 bits per heavy atom. The molecule has 0 saturated heterocycles. The first-order valence-electron chi connectivity index (χ1n) is 7.83. The SMILES string of the molecule is CCOc1ccc(OCC)c(NC(N)=NCCc2ccc(Br)s2)c1.I. The molecule has 138 valence electrons. The summed E-state index contributed by atoms with van der Waals surface area (Å²) in [5.41, 5.74) is 6.75. The summed E-state index contributed by atoms with van der Waals surface area (Å²) in [6.07, 6.45) is 0.857. The summed E-state index contributed by atoms with van der Waals surface area (Å²) in [6.45, 7) is 5.69. The number of aliphatic imine (C=N–C) groups is 1. The lowest BCUT2D eigenvalue weighted by atomic mass is 10.2. The number of ether oxygens (including phenoxy) is 2. The second-order valence-electron chi connectivity index (χ2n) is 4.87. The molecule has 8 heteroatoms. The lowest BCUT2D eigenvalue weighted by Crippen LogP contribution is -2.23. The largest absolute Gasteiger partial charge is 0.494 e. The molecule has 0 amide bonds. The topological polar surface area (TPSA) is 68.9 Å². The van der Waals surface area contributed by atoms with Gasteiger partial charge in [0.25, 0.3) is 0 Å². The van der Waals surface area contributed by atoms with Crippen molar-refractivity contribution in [2.45, 2.75) is 20.3 Å². The fourth-order valence-electron chi connectivity index (χ4n) is 2.09. The monoisotopic (exact) mass is 539 g/mol. The normalized spacial score (nSPS) is 10.9. The zero-order valence-electron chi connectivity index (χ0n) is 14.3. The zero-order chi connectivity index (χ0) is 17.4. The summed E-state index contributed by atoms with van der Waals surface area (Å²) in [4.78, 5) is 5.65. The molecule has 0 aliphatic carbocycles. The van der Waals surface area contributed by atoms with Crippen LogP contribution in [0.4, 0.5) is 5.69 Å². The number of nitrogens with zero attached hydrogens (tertiary/aromatic N) is 1. The molecule has 3 N–H and O–H groups in total. The molecule has 1 aromatic heterocycles. The van der Waals surface area contributed by atoms with Crippen LogP contribution in [0.1, 0.15) is 18.7 Å². The van der Waals surface area contributed by atoms with Gasteiger partial charge < -0.3 is 20.5 Å². The number of thiophene rings is 1. The standard InChI is InChI=1S/C17H22BrN3O2S.HI/c1-3-22-12-5-7-15(23-4-2)14(11-12)21-17(19)20-10-9-13-6-8-16(18)24-13;/h5-8,11H,3-4,9-10H2,1-2H3,(H3,19,20,21);1H. The molecule has 0 aliphatic heterocycles. The summed E-state index contributed by atoms with van der Waals surface area (Å²) in [6, 6.07) is 9.74. The van der Waals surface area contributed by atoms with Crippen molar-refractivity contribution in [3.63, 3.8) is 0 Å². The van der Waals surface area contributed by atoms with Crippen LogP contribution in [0.15, 0.2) is 39.1 Å². The first-order chi connectivity index (χ1) is 11.6. The molecule has 0 unspecified atom stereocenters. The maximum atomic E-state index is 6.00. The average molecular weight is 540 g/mol. The predicted octanol–water partition coefficient (Wildman–Crippen LogP) is 4.90. The van der Waals surface area contributed by atoms with Crippen molar-refractivity contribution in [2.75, 3.05) is 25.1 Å². The fourth-order valence-corrected chi connectivity index (χ4v) is 3.57. The van der Waals surface area contributed by atoms with Crippen LogP contribution in [0.2, 0.25) is 0 Å². The van der Waals surface area contributed by atoms with E-state index < -0.39 is 0 Å². The Labute approximate surface area is 178 Å². The summed E-state index contributed by atoms with van der Waals surface area (Å²) >= 11 is 5.17. The average Bonchev–Trinajstić information content (AvgIpc) is 2.96. The van der Waals surface area contributed by atoms with Crippen molar-refractivity contribution in [1.29, 1.82) is 0 Å². The van der Waals surface area contributed by atoms with Gasteiger partial charge in [-0.3, -0.25) is 4.99 Å². The number of guanidine groups is 1. The molecule has 1 aromatic carbocycles. The number of halogens is 2. The molecular weight excluding hydrogens is 517 g/mol. The van der Waals surface area contributed by atoms with Crippen LogP contribution < -0.4 is 20.5 Å². The van der Waals surface area contributed by atoms with E-state index in [0.717, 1.165) is 27.4 Å². The van der Waals surface area contributed by atoms with Gasteiger partial charge in [-0.25, -0.2) is 0 Å². The third-order valence-electron chi connectivity index (χ3n) is 3.09. The molecule has 0 aliphatic rings. The Morgan fingerprint density at radius 3 is 2.60 bits per heavy atom. The first kappa shape index (κ1) is 22.0. The maximum absolute atomic E-state index is 6.00. The molecular formula is C17H23BrIN3O2S. The van der Waals surface area contributed by atoms with Gasteiger partial charge in [-0.05, 0) is 54.0 Å². The van der Waals surface area contributed by atoms with Crippen LogP contribution in [0, 0.1) is 0 Å². The Morgan fingerprint density at radius 2 is 1.96 bits per heavy atom. The van der Waals surface area contributed by atoms with Gasteiger partial charge in [0, 0.05) is 23.9 Å². The van der Waals surface area contributed by atoms with Gasteiger partial charge in [-0.1, -0.05) is 0 Å². The number of nitrogens with one attached hydrogen (secondary N) is 1. The highest BCUT2D eigenvalue weighted by atomic mass is 127. The first-order valence-corrected chi connectivity index (χ1v) is 9.44. The molecule has 5 nitrogen and oxygen atoms in total. The van der Waals surface area contributed by atoms with Gasteiger partial charge in [0.2, 0.25) is 0 Å². The van der Waals surface area contributed by atoms with E-state index in [1.165, 1.54) is 4.88 Å². The second kappa shape index (κ2) is 11.6. The molecule has 0 spiro atoms. The number of benzene rings is 1. The van der Waals surface area contributed by atoms with Gasteiger partial charge in [-0.15, -0.1) is 35.3 Å². The lowest BCUT2D eigenvalue weighted by Gasteiger charge is -2.13. The van der Waals surface area contributed by atoms with Crippen molar-refractivity contribution >= 4 is 62.9 Å². The predicted molar refractivity (Wildman–Crippen MR) is 120 cm³/mol. The third-order valence-corrected chi connectivity index (χ3v) is 4.78. The molecule has 0 saturated carbocycles. The van der Waals surface area contributed by atoms with Crippen molar-refractivity contribution in [3.05, 3.63) is 39.0 Å².